The Morgan fingerprint density at radius 2 is 1.71 bits per heavy atom. The minimum absolute atomic E-state index is 0.322. The van der Waals surface area contributed by atoms with E-state index in [9.17, 15) is 9.59 Å². The second kappa shape index (κ2) is 10.3. The van der Waals surface area contributed by atoms with Gasteiger partial charge in [0, 0.05) is 21.5 Å². The maximum Gasteiger partial charge on any atom is 0.341 e. The highest BCUT2D eigenvalue weighted by Crippen LogP contribution is 2.36. The Morgan fingerprint density at radius 3 is 2.35 bits per heavy atom. The lowest BCUT2D eigenvalue weighted by Crippen LogP contribution is -2.11. The molecule has 0 aliphatic heterocycles. The molecule has 0 atom stereocenters. The fraction of sp³-hybridized carbons (Fsp3) is 0.130. The lowest BCUT2D eigenvalue weighted by Gasteiger charge is -2.08. The summed E-state index contributed by atoms with van der Waals surface area (Å²) >= 11 is 4.67. The zero-order chi connectivity index (χ0) is 22.4. The van der Waals surface area contributed by atoms with E-state index < -0.39 is 5.97 Å². The molecule has 6 nitrogen and oxygen atoms in total. The molecule has 1 heterocycles. The van der Waals surface area contributed by atoms with E-state index in [4.69, 9.17) is 14.2 Å². The van der Waals surface area contributed by atoms with E-state index >= 15 is 0 Å². The molecule has 1 N–H and O–H groups in total. The van der Waals surface area contributed by atoms with Gasteiger partial charge in [-0.25, -0.2) is 4.79 Å². The molecule has 0 spiro atoms. The predicted octanol–water partition coefficient (Wildman–Crippen LogP) is 5.63. The van der Waals surface area contributed by atoms with Crippen LogP contribution in [0.25, 0.3) is 17.2 Å². The zero-order valence-electron chi connectivity index (χ0n) is 17.1. The van der Waals surface area contributed by atoms with Crippen molar-refractivity contribution in [2.75, 3.05) is 26.6 Å². The molecule has 3 aromatic rings. The minimum Gasteiger partial charge on any atom is -0.493 e. The number of halogens is 1. The average molecular weight is 502 g/mol. The van der Waals surface area contributed by atoms with E-state index in [0.717, 1.165) is 15.6 Å². The summed E-state index contributed by atoms with van der Waals surface area (Å²) in [6.07, 6.45) is 3.04. The van der Waals surface area contributed by atoms with Crippen LogP contribution in [0.5, 0.6) is 11.5 Å². The number of nitrogens with one attached hydrogen (secondary N) is 1. The lowest BCUT2D eigenvalue weighted by molar-refractivity contribution is -0.111. The van der Waals surface area contributed by atoms with Gasteiger partial charge in [-0.3, -0.25) is 4.79 Å². The second-order valence-corrected chi connectivity index (χ2v) is 8.08. The highest BCUT2D eigenvalue weighted by Gasteiger charge is 2.22. The summed E-state index contributed by atoms with van der Waals surface area (Å²) < 4.78 is 16.4. The number of methoxy groups -OCH3 is 3. The first kappa shape index (κ1) is 22.6. The number of hydrogen-bond acceptors (Lipinski definition) is 6. The maximum atomic E-state index is 12.5. The quantitative estimate of drug-likeness (QED) is 0.335. The summed E-state index contributed by atoms with van der Waals surface area (Å²) in [5.41, 5.74) is 2.63. The molecule has 31 heavy (non-hydrogen) atoms. The van der Waals surface area contributed by atoms with Crippen molar-refractivity contribution in [3.05, 3.63) is 69.5 Å². The van der Waals surface area contributed by atoms with Crippen molar-refractivity contribution in [1.82, 2.24) is 0 Å². The molecule has 0 radical (unpaired) electrons. The molecule has 3 rings (SSSR count). The first-order valence-electron chi connectivity index (χ1n) is 9.13. The number of hydrogen-bond donors (Lipinski definition) is 1. The smallest absolute Gasteiger partial charge is 0.341 e. The number of esters is 1. The van der Waals surface area contributed by atoms with Gasteiger partial charge in [0.1, 0.15) is 10.6 Å². The first-order chi connectivity index (χ1) is 15.0. The molecule has 160 valence electrons. The number of amides is 1. The van der Waals surface area contributed by atoms with Crippen molar-refractivity contribution < 1.29 is 23.8 Å². The summed E-state index contributed by atoms with van der Waals surface area (Å²) in [6.45, 7) is 0. The van der Waals surface area contributed by atoms with Gasteiger partial charge in [0.2, 0.25) is 5.91 Å². The van der Waals surface area contributed by atoms with Crippen LogP contribution < -0.4 is 14.8 Å². The van der Waals surface area contributed by atoms with E-state index in [2.05, 4.69) is 21.2 Å². The van der Waals surface area contributed by atoms with Gasteiger partial charge < -0.3 is 19.5 Å². The van der Waals surface area contributed by atoms with Crippen LogP contribution in [0.1, 0.15) is 15.9 Å². The van der Waals surface area contributed by atoms with Gasteiger partial charge >= 0.3 is 5.97 Å². The topological polar surface area (TPSA) is 73.9 Å². The van der Waals surface area contributed by atoms with Gasteiger partial charge in [-0.1, -0.05) is 34.1 Å². The average Bonchev–Trinajstić information content (AvgIpc) is 3.20. The highest BCUT2D eigenvalue weighted by molar-refractivity contribution is 9.10. The molecule has 0 saturated carbocycles. The molecule has 1 amide bonds. The van der Waals surface area contributed by atoms with Crippen molar-refractivity contribution in [2.24, 2.45) is 0 Å². The van der Waals surface area contributed by atoms with E-state index in [1.807, 2.05) is 35.7 Å². The van der Waals surface area contributed by atoms with Crippen LogP contribution in [-0.4, -0.2) is 33.2 Å². The summed E-state index contributed by atoms with van der Waals surface area (Å²) in [6, 6.07) is 12.9. The van der Waals surface area contributed by atoms with Crippen LogP contribution >= 0.6 is 27.3 Å². The monoisotopic (exact) mass is 501 g/mol. The Labute approximate surface area is 192 Å². The third-order valence-corrected chi connectivity index (χ3v) is 5.83. The predicted molar refractivity (Wildman–Crippen MR) is 126 cm³/mol. The maximum absolute atomic E-state index is 12.5. The highest BCUT2D eigenvalue weighted by atomic mass is 79.9. The summed E-state index contributed by atoms with van der Waals surface area (Å²) in [4.78, 5) is 24.9. The molecule has 8 heteroatoms. The standard InChI is InChI=1S/C23H20BrNO5S/c1-28-18-10-4-14(12-19(18)29-2)5-11-20(26)25-22-21(23(27)30-3)17(13-31-22)15-6-8-16(24)9-7-15/h4-13H,1-3H3,(H,25,26). The van der Waals surface area contributed by atoms with Gasteiger partial charge in [-0.2, -0.15) is 0 Å². The number of carbonyl (C=O) groups excluding carboxylic acids is 2. The molecule has 0 bridgehead atoms. The molecular weight excluding hydrogens is 482 g/mol. The van der Waals surface area contributed by atoms with E-state index in [1.165, 1.54) is 24.5 Å². The van der Waals surface area contributed by atoms with Gasteiger partial charge in [0.05, 0.1) is 21.3 Å². The number of anilines is 1. The zero-order valence-corrected chi connectivity index (χ0v) is 19.5. The Bertz CT molecular complexity index is 1120. The van der Waals surface area contributed by atoms with Gasteiger partial charge in [-0.15, -0.1) is 11.3 Å². The number of carbonyl (C=O) groups is 2. The van der Waals surface area contributed by atoms with Crippen LogP contribution in [0.4, 0.5) is 5.00 Å². The SMILES string of the molecule is COC(=O)c1c(-c2ccc(Br)cc2)csc1NC(=O)C=Cc1ccc(OC)c(OC)c1. The number of rotatable bonds is 7. The fourth-order valence-corrected chi connectivity index (χ4v) is 4.10. The minimum atomic E-state index is -0.515. The van der Waals surface area contributed by atoms with Crippen molar-refractivity contribution in [1.29, 1.82) is 0 Å². The van der Waals surface area contributed by atoms with E-state index in [0.29, 0.717) is 27.6 Å². The normalized spacial score (nSPS) is 10.7. The van der Waals surface area contributed by atoms with Crippen molar-refractivity contribution in [3.63, 3.8) is 0 Å². The molecule has 0 aliphatic rings. The first-order valence-corrected chi connectivity index (χ1v) is 10.8. The number of thiophene rings is 1. The molecule has 0 aliphatic carbocycles. The molecule has 0 saturated heterocycles. The van der Waals surface area contributed by atoms with Gasteiger partial charge in [0.15, 0.2) is 11.5 Å². The fourth-order valence-electron chi connectivity index (χ4n) is 2.88. The Hall–Kier alpha value is -3.10. The van der Waals surface area contributed by atoms with Gasteiger partial charge in [0.25, 0.3) is 0 Å². The molecule has 2 aromatic carbocycles. The Balaban J connectivity index is 1.83. The third-order valence-electron chi connectivity index (χ3n) is 4.41. The van der Waals surface area contributed by atoms with Crippen LogP contribution in [0.2, 0.25) is 0 Å². The number of ether oxygens (including phenoxy) is 3. The largest absolute Gasteiger partial charge is 0.493 e. The molecule has 0 fully saturated rings. The Morgan fingerprint density at radius 1 is 1.00 bits per heavy atom. The van der Waals surface area contributed by atoms with Crippen molar-refractivity contribution >= 4 is 50.2 Å². The third kappa shape index (κ3) is 5.34. The van der Waals surface area contributed by atoms with Crippen LogP contribution in [0.15, 0.2) is 58.4 Å². The molecule has 0 unspecified atom stereocenters. The van der Waals surface area contributed by atoms with Crippen molar-refractivity contribution in [2.45, 2.75) is 0 Å². The second-order valence-electron chi connectivity index (χ2n) is 6.29. The Kier molecular flexibility index (Phi) is 7.49. The van der Waals surface area contributed by atoms with E-state index in [1.54, 1.807) is 32.4 Å². The van der Waals surface area contributed by atoms with Gasteiger partial charge in [-0.05, 0) is 41.5 Å². The molecular formula is C23H20BrNO5S. The lowest BCUT2D eigenvalue weighted by atomic mass is 10.0. The summed E-state index contributed by atoms with van der Waals surface area (Å²) in [5, 5.41) is 5.02. The van der Waals surface area contributed by atoms with Crippen LogP contribution in [0, 0.1) is 0 Å². The van der Waals surface area contributed by atoms with Crippen molar-refractivity contribution in [3.8, 4) is 22.6 Å². The summed E-state index contributed by atoms with van der Waals surface area (Å²) in [7, 11) is 4.42. The summed E-state index contributed by atoms with van der Waals surface area (Å²) in [5.74, 6) is 0.281. The van der Waals surface area contributed by atoms with E-state index in [-0.39, 0.29) is 5.91 Å². The van der Waals surface area contributed by atoms with Crippen LogP contribution in [-0.2, 0) is 9.53 Å². The molecule has 1 aromatic heterocycles. The number of benzene rings is 2. The van der Waals surface area contributed by atoms with Crippen LogP contribution in [0.3, 0.4) is 0 Å².